The molecule has 182 valence electrons. The fraction of sp³-hybridized carbons (Fsp3) is 0.414. The number of nitrogens with two attached hydrogens (primary N) is 1. The number of rotatable bonds is 8. The number of benzene rings is 1. The van der Waals surface area contributed by atoms with E-state index in [-0.39, 0.29) is 5.78 Å². The van der Waals surface area contributed by atoms with Crippen molar-refractivity contribution in [1.29, 1.82) is 0 Å². The summed E-state index contributed by atoms with van der Waals surface area (Å²) < 4.78 is 1.97. The van der Waals surface area contributed by atoms with Gasteiger partial charge in [0, 0.05) is 54.8 Å². The zero-order valence-electron chi connectivity index (χ0n) is 20.7. The molecule has 0 atom stereocenters. The number of nitrogens with one attached hydrogen (secondary N) is 1. The molecule has 3 N–H and O–H groups in total. The molecule has 6 heteroatoms. The molecule has 2 aromatic heterocycles. The Morgan fingerprint density at radius 2 is 1.94 bits per heavy atom. The fourth-order valence-electron chi connectivity index (χ4n) is 5.14. The molecule has 2 aliphatic carbocycles. The van der Waals surface area contributed by atoms with Gasteiger partial charge in [-0.1, -0.05) is 37.6 Å². The molecule has 0 aliphatic heterocycles. The zero-order chi connectivity index (χ0) is 24.4. The standard InChI is InChI=1S/C29H35N5O/c1-19(2)21-15-25-27(16-21)32-17-26(29(25)33-23-8-6-22(30)7-9-23)28(35)12-5-20-3-10-24(11-4-20)34-14-13-31-18-34/h3-4,10-11,13-15,17-19,22-23H,5-9,12,16,30H2,1-2H3,(H,32,33). The Balaban J connectivity index is 1.35. The number of hydrogen-bond acceptors (Lipinski definition) is 5. The second kappa shape index (κ2) is 10.2. The quantitative estimate of drug-likeness (QED) is 0.434. The summed E-state index contributed by atoms with van der Waals surface area (Å²) in [5.74, 6) is 0.606. The molecule has 2 aliphatic rings. The van der Waals surface area contributed by atoms with E-state index in [9.17, 15) is 4.79 Å². The van der Waals surface area contributed by atoms with Crippen LogP contribution in [0.25, 0.3) is 11.8 Å². The molecule has 1 aromatic carbocycles. The summed E-state index contributed by atoms with van der Waals surface area (Å²) >= 11 is 0. The number of Topliss-reactive ketones (excluding diaryl/α,β-unsaturated/α-hetero) is 1. The molecule has 5 rings (SSSR count). The topological polar surface area (TPSA) is 85.8 Å². The van der Waals surface area contributed by atoms with Gasteiger partial charge in [0.25, 0.3) is 0 Å². The van der Waals surface area contributed by atoms with Crippen LogP contribution < -0.4 is 11.1 Å². The Morgan fingerprint density at radius 3 is 2.63 bits per heavy atom. The minimum absolute atomic E-state index is 0.139. The molecular weight excluding hydrogens is 434 g/mol. The Kier molecular flexibility index (Phi) is 6.82. The lowest BCUT2D eigenvalue weighted by molar-refractivity contribution is 0.0983. The van der Waals surface area contributed by atoms with Gasteiger partial charge in [-0.15, -0.1) is 0 Å². The second-order valence-electron chi connectivity index (χ2n) is 10.3. The van der Waals surface area contributed by atoms with Crippen LogP contribution in [0.1, 0.15) is 73.1 Å². The lowest BCUT2D eigenvalue weighted by Gasteiger charge is -2.29. The second-order valence-corrected chi connectivity index (χ2v) is 10.3. The molecule has 0 amide bonds. The van der Waals surface area contributed by atoms with Crippen molar-refractivity contribution < 1.29 is 4.79 Å². The highest BCUT2D eigenvalue weighted by atomic mass is 16.1. The monoisotopic (exact) mass is 469 g/mol. The summed E-state index contributed by atoms with van der Waals surface area (Å²) in [6.07, 6.45) is 15.7. The normalized spacial score (nSPS) is 19.5. The number of nitrogens with zero attached hydrogens (tertiary/aromatic N) is 3. The predicted molar refractivity (Wildman–Crippen MR) is 141 cm³/mol. The number of anilines is 1. The van der Waals surface area contributed by atoms with E-state index in [1.54, 1.807) is 18.7 Å². The number of hydrogen-bond donors (Lipinski definition) is 2. The minimum Gasteiger partial charge on any atom is -0.381 e. The van der Waals surface area contributed by atoms with Crippen molar-refractivity contribution in [3.05, 3.63) is 77.1 Å². The van der Waals surface area contributed by atoms with Crippen LogP contribution in [0, 0.1) is 5.92 Å². The van der Waals surface area contributed by atoms with Crippen molar-refractivity contribution in [3.8, 4) is 5.69 Å². The lowest BCUT2D eigenvalue weighted by Crippen LogP contribution is -2.33. The van der Waals surface area contributed by atoms with Crippen LogP contribution >= 0.6 is 0 Å². The number of allylic oxidation sites excluding steroid dienone is 1. The maximum absolute atomic E-state index is 13.5. The molecule has 1 fully saturated rings. The van der Waals surface area contributed by atoms with Crippen molar-refractivity contribution in [2.24, 2.45) is 11.7 Å². The highest BCUT2D eigenvalue weighted by Crippen LogP contribution is 2.36. The first-order valence-electron chi connectivity index (χ1n) is 12.8. The van der Waals surface area contributed by atoms with Crippen LogP contribution in [0.3, 0.4) is 0 Å². The van der Waals surface area contributed by atoms with E-state index in [2.05, 4.69) is 54.5 Å². The molecule has 2 heterocycles. The number of imidazole rings is 1. The molecule has 0 spiro atoms. The van der Waals surface area contributed by atoms with Crippen LogP contribution in [0.15, 0.2) is 54.8 Å². The van der Waals surface area contributed by atoms with Gasteiger partial charge in [0.05, 0.1) is 23.3 Å². The highest BCUT2D eigenvalue weighted by Gasteiger charge is 2.26. The number of fused-ring (bicyclic) bond motifs is 1. The van der Waals surface area contributed by atoms with E-state index in [1.807, 2.05) is 10.8 Å². The molecule has 3 aromatic rings. The number of aromatic nitrogens is 3. The zero-order valence-corrected chi connectivity index (χ0v) is 20.7. The summed E-state index contributed by atoms with van der Waals surface area (Å²) in [5.41, 5.74) is 13.6. The maximum atomic E-state index is 13.5. The van der Waals surface area contributed by atoms with Crippen molar-refractivity contribution in [2.45, 2.75) is 70.9 Å². The largest absolute Gasteiger partial charge is 0.381 e. The molecule has 6 nitrogen and oxygen atoms in total. The Hall–Kier alpha value is -3.25. The van der Waals surface area contributed by atoms with Gasteiger partial charge in [0.1, 0.15) is 0 Å². The number of ketones is 1. The molecule has 0 bridgehead atoms. The number of carbonyl (C=O) groups is 1. The van der Waals surface area contributed by atoms with E-state index < -0.39 is 0 Å². The van der Waals surface area contributed by atoms with Gasteiger partial charge in [-0.25, -0.2) is 4.98 Å². The van der Waals surface area contributed by atoms with Crippen molar-refractivity contribution in [2.75, 3.05) is 5.32 Å². The van der Waals surface area contributed by atoms with Crippen LogP contribution in [-0.4, -0.2) is 32.4 Å². The number of pyridine rings is 1. The van der Waals surface area contributed by atoms with E-state index in [0.29, 0.717) is 30.8 Å². The molecule has 35 heavy (non-hydrogen) atoms. The lowest BCUT2D eigenvalue weighted by atomic mass is 9.91. The van der Waals surface area contributed by atoms with Crippen LogP contribution in [0.2, 0.25) is 0 Å². The van der Waals surface area contributed by atoms with Gasteiger partial charge in [-0.3, -0.25) is 9.78 Å². The van der Waals surface area contributed by atoms with Crippen LogP contribution in [0.5, 0.6) is 0 Å². The molecular formula is C29H35N5O. The summed E-state index contributed by atoms with van der Waals surface area (Å²) in [7, 11) is 0. The summed E-state index contributed by atoms with van der Waals surface area (Å²) in [5, 5.41) is 3.76. The predicted octanol–water partition coefficient (Wildman–Crippen LogP) is 5.36. The third kappa shape index (κ3) is 5.22. The van der Waals surface area contributed by atoms with E-state index in [1.165, 1.54) is 5.57 Å². The van der Waals surface area contributed by atoms with Gasteiger partial charge in [0.15, 0.2) is 5.78 Å². The van der Waals surface area contributed by atoms with Gasteiger partial charge in [-0.05, 0) is 55.7 Å². The van der Waals surface area contributed by atoms with Crippen molar-refractivity contribution >= 4 is 17.5 Å². The van der Waals surface area contributed by atoms with Gasteiger partial charge in [-0.2, -0.15) is 0 Å². The molecule has 0 saturated heterocycles. The fourth-order valence-corrected chi connectivity index (χ4v) is 5.14. The Morgan fingerprint density at radius 1 is 1.17 bits per heavy atom. The van der Waals surface area contributed by atoms with E-state index in [0.717, 1.165) is 65.9 Å². The van der Waals surface area contributed by atoms with Gasteiger partial charge >= 0.3 is 0 Å². The SMILES string of the molecule is CC(C)C1=Cc2c(ncc(C(=O)CCc3ccc(-n4ccnc4)cc3)c2NC2CCC(N)CC2)C1. The molecule has 0 radical (unpaired) electrons. The number of carbonyl (C=O) groups excluding carboxylic acids is 1. The average Bonchev–Trinajstić information content (AvgIpc) is 3.55. The minimum atomic E-state index is 0.139. The van der Waals surface area contributed by atoms with Gasteiger partial charge < -0.3 is 15.6 Å². The van der Waals surface area contributed by atoms with Crippen molar-refractivity contribution in [1.82, 2.24) is 14.5 Å². The summed E-state index contributed by atoms with van der Waals surface area (Å²) in [4.78, 5) is 22.3. The third-order valence-electron chi connectivity index (χ3n) is 7.44. The van der Waals surface area contributed by atoms with Crippen LogP contribution in [-0.2, 0) is 12.8 Å². The first-order valence-corrected chi connectivity index (χ1v) is 12.8. The maximum Gasteiger partial charge on any atom is 0.166 e. The van der Waals surface area contributed by atoms with E-state index >= 15 is 0 Å². The van der Waals surface area contributed by atoms with Gasteiger partial charge in [0.2, 0.25) is 0 Å². The first-order chi connectivity index (χ1) is 17.0. The van der Waals surface area contributed by atoms with Crippen LogP contribution in [0.4, 0.5) is 5.69 Å². The molecule has 0 unspecified atom stereocenters. The Labute approximate surface area is 207 Å². The third-order valence-corrected chi connectivity index (χ3v) is 7.44. The highest BCUT2D eigenvalue weighted by molar-refractivity contribution is 6.03. The van der Waals surface area contributed by atoms with Crippen molar-refractivity contribution in [3.63, 3.8) is 0 Å². The smallest absolute Gasteiger partial charge is 0.166 e. The van der Waals surface area contributed by atoms with E-state index in [4.69, 9.17) is 10.7 Å². The molecule has 1 saturated carbocycles. The summed E-state index contributed by atoms with van der Waals surface area (Å²) in [6.45, 7) is 4.44. The average molecular weight is 470 g/mol. The number of aryl methyl sites for hydroxylation is 1. The summed E-state index contributed by atoms with van der Waals surface area (Å²) in [6, 6.07) is 8.96. The Bertz CT molecular complexity index is 1200. The first kappa shape index (κ1) is 23.5.